The lowest BCUT2D eigenvalue weighted by molar-refractivity contribution is -0.116. The lowest BCUT2D eigenvalue weighted by atomic mass is 10.0. The Balaban J connectivity index is 2.10. The highest BCUT2D eigenvalue weighted by Gasteiger charge is 2.17. The molecule has 2 heterocycles. The highest BCUT2D eigenvalue weighted by molar-refractivity contribution is 6.30. The standard InChI is InChI=1S/C16H14ClN3O2/c1-10(21)8-14-13(9-11-2-4-12(17)5-3-11)16(22)20-15(19-14)6-7-18-20/h2-7,22H,8-9H2,1H3. The maximum absolute atomic E-state index is 11.5. The first kappa shape index (κ1) is 14.5. The third kappa shape index (κ3) is 2.80. The fourth-order valence-corrected chi connectivity index (χ4v) is 2.50. The van der Waals surface area contributed by atoms with Gasteiger partial charge in [0.15, 0.2) is 5.65 Å². The van der Waals surface area contributed by atoms with Crippen molar-refractivity contribution < 1.29 is 9.90 Å². The zero-order valence-corrected chi connectivity index (χ0v) is 12.7. The van der Waals surface area contributed by atoms with E-state index in [1.165, 1.54) is 11.4 Å². The molecule has 0 unspecified atom stereocenters. The summed E-state index contributed by atoms with van der Waals surface area (Å²) in [6.07, 6.45) is 2.19. The molecule has 0 atom stereocenters. The molecule has 0 bridgehead atoms. The van der Waals surface area contributed by atoms with Crippen LogP contribution in [0.4, 0.5) is 0 Å². The van der Waals surface area contributed by atoms with Gasteiger partial charge >= 0.3 is 0 Å². The topological polar surface area (TPSA) is 67.5 Å². The molecule has 6 heteroatoms. The number of hydrogen-bond donors (Lipinski definition) is 1. The smallest absolute Gasteiger partial charge is 0.219 e. The summed E-state index contributed by atoms with van der Waals surface area (Å²) in [5.41, 5.74) is 2.67. The van der Waals surface area contributed by atoms with E-state index in [1.807, 2.05) is 12.1 Å². The number of carbonyl (C=O) groups is 1. The van der Waals surface area contributed by atoms with Crippen LogP contribution in [0.25, 0.3) is 5.65 Å². The van der Waals surface area contributed by atoms with Crippen molar-refractivity contribution in [3.63, 3.8) is 0 Å². The average molecular weight is 316 g/mol. The van der Waals surface area contributed by atoms with E-state index in [9.17, 15) is 9.90 Å². The lowest BCUT2D eigenvalue weighted by Gasteiger charge is -2.11. The highest BCUT2D eigenvalue weighted by Crippen LogP contribution is 2.25. The molecule has 1 N–H and O–H groups in total. The molecule has 0 fully saturated rings. The Kier molecular flexibility index (Phi) is 3.81. The fourth-order valence-electron chi connectivity index (χ4n) is 2.38. The Bertz CT molecular complexity index is 840. The van der Waals surface area contributed by atoms with Crippen molar-refractivity contribution in [3.8, 4) is 5.88 Å². The monoisotopic (exact) mass is 315 g/mol. The van der Waals surface area contributed by atoms with Crippen LogP contribution in [0.15, 0.2) is 36.5 Å². The molecule has 1 aromatic carbocycles. The fraction of sp³-hybridized carbons (Fsp3) is 0.188. The van der Waals surface area contributed by atoms with E-state index in [1.54, 1.807) is 24.4 Å². The number of Topliss-reactive ketones (excluding diaryl/α,β-unsaturated/α-hetero) is 1. The summed E-state index contributed by atoms with van der Waals surface area (Å²) in [4.78, 5) is 15.9. The molecule has 22 heavy (non-hydrogen) atoms. The number of ketones is 1. The van der Waals surface area contributed by atoms with Crippen molar-refractivity contribution in [1.29, 1.82) is 0 Å². The number of halogens is 1. The molecule has 2 aromatic heterocycles. The van der Waals surface area contributed by atoms with Crippen molar-refractivity contribution in [3.05, 3.63) is 58.4 Å². The zero-order valence-electron chi connectivity index (χ0n) is 12.0. The summed E-state index contributed by atoms with van der Waals surface area (Å²) in [5, 5.41) is 15.2. The Morgan fingerprint density at radius 1 is 1.27 bits per heavy atom. The maximum Gasteiger partial charge on any atom is 0.219 e. The van der Waals surface area contributed by atoms with Gasteiger partial charge in [-0.15, -0.1) is 0 Å². The van der Waals surface area contributed by atoms with E-state index in [-0.39, 0.29) is 18.1 Å². The van der Waals surface area contributed by atoms with Crippen LogP contribution in [-0.4, -0.2) is 25.5 Å². The lowest BCUT2D eigenvalue weighted by Crippen LogP contribution is -2.08. The van der Waals surface area contributed by atoms with Crippen LogP contribution in [0, 0.1) is 0 Å². The van der Waals surface area contributed by atoms with Gasteiger partial charge in [-0.05, 0) is 24.6 Å². The van der Waals surface area contributed by atoms with E-state index >= 15 is 0 Å². The Morgan fingerprint density at radius 2 is 2.00 bits per heavy atom. The molecule has 0 aliphatic rings. The number of aromatic nitrogens is 3. The van der Waals surface area contributed by atoms with Gasteiger partial charge in [-0.25, -0.2) is 4.98 Å². The molecular formula is C16H14ClN3O2. The predicted molar refractivity (Wildman–Crippen MR) is 83.3 cm³/mol. The first-order valence-electron chi connectivity index (χ1n) is 6.83. The minimum Gasteiger partial charge on any atom is -0.493 e. The second-order valence-corrected chi connectivity index (χ2v) is 5.58. The van der Waals surface area contributed by atoms with Crippen LogP contribution in [0.2, 0.25) is 5.02 Å². The van der Waals surface area contributed by atoms with Gasteiger partial charge in [0.25, 0.3) is 0 Å². The summed E-state index contributed by atoms with van der Waals surface area (Å²) in [6, 6.07) is 9.03. The van der Waals surface area contributed by atoms with Crippen molar-refractivity contribution in [2.75, 3.05) is 0 Å². The van der Waals surface area contributed by atoms with Crippen LogP contribution in [0.5, 0.6) is 5.88 Å². The summed E-state index contributed by atoms with van der Waals surface area (Å²) in [7, 11) is 0. The van der Waals surface area contributed by atoms with Crippen molar-refractivity contribution >= 4 is 23.0 Å². The molecule has 0 spiro atoms. The first-order chi connectivity index (χ1) is 10.5. The van der Waals surface area contributed by atoms with Crippen molar-refractivity contribution in [1.82, 2.24) is 14.6 Å². The van der Waals surface area contributed by atoms with Gasteiger partial charge in [-0.1, -0.05) is 23.7 Å². The van der Waals surface area contributed by atoms with Crippen LogP contribution >= 0.6 is 11.6 Å². The van der Waals surface area contributed by atoms with Crippen LogP contribution < -0.4 is 0 Å². The van der Waals surface area contributed by atoms with Gasteiger partial charge in [0, 0.05) is 29.5 Å². The van der Waals surface area contributed by atoms with E-state index in [0.717, 1.165) is 5.56 Å². The molecule has 3 rings (SSSR count). The predicted octanol–water partition coefficient (Wildman–Crippen LogP) is 2.81. The highest BCUT2D eigenvalue weighted by atomic mass is 35.5. The molecule has 0 saturated carbocycles. The number of fused-ring (bicyclic) bond motifs is 1. The molecular weight excluding hydrogens is 302 g/mol. The van der Waals surface area contributed by atoms with E-state index in [2.05, 4.69) is 10.1 Å². The van der Waals surface area contributed by atoms with Gasteiger partial charge < -0.3 is 5.11 Å². The maximum atomic E-state index is 11.5. The normalized spacial score (nSPS) is 11.0. The molecule has 0 amide bonds. The van der Waals surface area contributed by atoms with Crippen molar-refractivity contribution in [2.45, 2.75) is 19.8 Å². The molecule has 0 saturated heterocycles. The number of benzene rings is 1. The number of aromatic hydroxyl groups is 1. The average Bonchev–Trinajstić information content (AvgIpc) is 2.93. The number of rotatable bonds is 4. The van der Waals surface area contributed by atoms with Gasteiger partial charge in [0.05, 0.1) is 11.9 Å². The third-order valence-corrected chi connectivity index (χ3v) is 3.65. The minimum atomic E-state index is -0.00637. The SMILES string of the molecule is CC(=O)Cc1nc2ccnn2c(O)c1Cc1ccc(Cl)cc1. The molecule has 0 aliphatic heterocycles. The zero-order chi connectivity index (χ0) is 15.7. The minimum absolute atomic E-state index is 0.00637. The molecule has 0 radical (unpaired) electrons. The molecule has 0 aliphatic carbocycles. The van der Waals surface area contributed by atoms with E-state index in [4.69, 9.17) is 11.6 Å². The van der Waals surface area contributed by atoms with Gasteiger partial charge in [0.1, 0.15) is 5.78 Å². The Hall–Kier alpha value is -2.40. The Morgan fingerprint density at radius 3 is 2.68 bits per heavy atom. The third-order valence-electron chi connectivity index (χ3n) is 3.40. The van der Waals surface area contributed by atoms with Gasteiger partial charge in [-0.3, -0.25) is 4.79 Å². The van der Waals surface area contributed by atoms with Crippen LogP contribution in [0.3, 0.4) is 0 Å². The first-order valence-corrected chi connectivity index (χ1v) is 7.20. The van der Waals surface area contributed by atoms with E-state index < -0.39 is 0 Å². The summed E-state index contributed by atoms with van der Waals surface area (Å²) in [5.74, 6) is 0.00863. The summed E-state index contributed by atoms with van der Waals surface area (Å²) >= 11 is 5.89. The molecule has 3 aromatic rings. The Labute approximate surface area is 132 Å². The molecule has 112 valence electrons. The number of carbonyl (C=O) groups excluding carboxylic acids is 1. The van der Waals surface area contributed by atoms with Gasteiger partial charge in [-0.2, -0.15) is 9.61 Å². The molecule has 5 nitrogen and oxygen atoms in total. The van der Waals surface area contributed by atoms with Crippen molar-refractivity contribution in [2.24, 2.45) is 0 Å². The van der Waals surface area contributed by atoms with E-state index in [0.29, 0.717) is 28.3 Å². The summed E-state index contributed by atoms with van der Waals surface area (Å²) < 4.78 is 1.37. The second kappa shape index (κ2) is 5.77. The van der Waals surface area contributed by atoms with Gasteiger partial charge in [0.2, 0.25) is 5.88 Å². The number of hydrogen-bond acceptors (Lipinski definition) is 4. The second-order valence-electron chi connectivity index (χ2n) is 5.14. The largest absolute Gasteiger partial charge is 0.493 e. The van der Waals surface area contributed by atoms with Crippen LogP contribution in [-0.2, 0) is 17.6 Å². The van der Waals surface area contributed by atoms with Crippen LogP contribution in [0.1, 0.15) is 23.7 Å². The quantitative estimate of drug-likeness (QED) is 0.804. The number of nitrogens with zero attached hydrogens (tertiary/aromatic N) is 3. The summed E-state index contributed by atoms with van der Waals surface area (Å²) in [6.45, 7) is 1.51.